The van der Waals surface area contributed by atoms with E-state index in [9.17, 15) is 9.90 Å². The van der Waals surface area contributed by atoms with Gasteiger partial charge in [0, 0.05) is 26.2 Å². The van der Waals surface area contributed by atoms with E-state index in [-0.39, 0.29) is 5.91 Å². The van der Waals surface area contributed by atoms with E-state index in [0.29, 0.717) is 19.1 Å². The summed E-state index contributed by atoms with van der Waals surface area (Å²) < 4.78 is 0. The molecule has 2 aliphatic rings. The molecule has 1 amide bonds. The third-order valence-corrected chi connectivity index (χ3v) is 4.41. The van der Waals surface area contributed by atoms with Gasteiger partial charge in [0.2, 0.25) is 5.91 Å². The van der Waals surface area contributed by atoms with E-state index >= 15 is 0 Å². The second-order valence-electron chi connectivity index (χ2n) is 6.25. The summed E-state index contributed by atoms with van der Waals surface area (Å²) >= 11 is 0. The van der Waals surface area contributed by atoms with Crippen LogP contribution < -0.4 is 0 Å². The van der Waals surface area contributed by atoms with Crippen LogP contribution in [0.15, 0.2) is 0 Å². The minimum atomic E-state index is -0.607. The summed E-state index contributed by atoms with van der Waals surface area (Å²) in [6, 6.07) is 0.439. The van der Waals surface area contributed by atoms with Gasteiger partial charge in [-0.05, 0) is 26.2 Å². The minimum absolute atomic E-state index is 0.208. The Hall–Kier alpha value is -0.610. The zero-order valence-electron chi connectivity index (χ0n) is 11.7. The molecule has 1 atom stereocenters. The molecule has 1 aliphatic carbocycles. The molecule has 0 spiro atoms. The molecule has 0 radical (unpaired) electrons. The van der Waals surface area contributed by atoms with Crippen LogP contribution in [0.5, 0.6) is 0 Å². The van der Waals surface area contributed by atoms with Crippen molar-refractivity contribution < 1.29 is 9.90 Å². The lowest BCUT2D eigenvalue weighted by molar-refractivity contribution is -0.133. The predicted octanol–water partition coefficient (Wildman–Crippen LogP) is 1.23. The highest BCUT2D eigenvalue weighted by molar-refractivity contribution is 5.78. The SMILES string of the molecule is CN(C(=O)CN1CCC(C)(O)C1)C1CCCCC1. The molecule has 2 fully saturated rings. The van der Waals surface area contributed by atoms with Crippen molar-refractivity contribution in [3.05, 3.63) is 0 Å². The average molecular weight is 254 g/mol. The third kappa shape index (κ3) is 3.45. The van der Waals surface area contributed by atoms with E-state index in [2.05, 4.69) is 4.90 Å². The van der Waals surface area contributed by atoms with E-state index in [1.807, 2.05) is 18.9 Å². The summed E-state index contributed by atoms with van der Waals surface area (Å²) in [5.41, 5.74) is -0.607. The largest absolute Gasteiger partial charge is 0.389 e. The van der Waals surface area contributed by atoms with Crippen molar-refractivity contribution in [1.29, 1.82) is 0 Å². The van der Waals surface area contributed by atoms with E-state index in [4.69, 9.17) is 0 Å². The van der Waals surface area contributed by atoms with Gasteiger partial charge in [-0.1, -0.05) is 19.3 Å². The first-order valence-electron chi connectivity index (χ1n) is 7.18. The maximum Gasteiger partial charge on any atom is 0.236 e. The fourth-order valence-electron chi connectivity index (χ4n) is 3.15. The Bertz CT molecular complexity index is 298. The van der Waals surface area contributed by atoms with Gasteiger partial charge in [0.05, 0.1) is 12.1 Å². The average Bonchev–Trinajstić information content (AvgIpc) is 2.68. The lowest BCUT2D eigenvalue weighted by atomic mass is 9.94. The first kappa shape index (κ1) is 13.8. The fourth-order valence-corrected chi connectivity index (χ4v) is 3.15. The second-order valence-corrected chi connectivity index (χ2v) is 6.25. The molecule has 1 saturated heterocycles. The van der Waals surface area contributed by atoms with Crippen LogP contribution in [0.4, 0.5) is 0 Å². The van der Waals surface area contributed by atoms with Gasteiger partial charge in [0.15, 0.2) is 0 Å². The van der Waals surface area contributed by atoms with E-state index in [1.54, 1.807) is 0 Å². The Morgan fingerprint density at radius 3 is 2.61 bits per heavy atom. The number of hydrogen-bond acceptors (Lipinski definition) is 3. The van der Waals surface area contributed by atoms with E-state index in [1.165, 1.54) is 19.3 Å². The highest BCUT2D eigenvalue weighted by Crippen LogP contribution is 2.23. The summed E-state index contributed by atoms with van der Waals surface area (Å²) in [7, 11) is 1.94. The maximum absolute atomic E-state index is 12.2. The molecule has 104 valence electrons. The number of carbonyl (C=O) groups excluding carboxylic acids is 1. The summed E-state index contributed by atoms with van der Waals surface area (Å²) in [5.74, 6) is 0.208. The maximum atomic E-state index is 12.2. The molecule has 1 unspecified atom stereocenters. The first-order chi connectivity index (χ1) is 8.48. The topological polar surface area (TPSA) is 43.8 Å². The molecule has 4 nitrogen and oxygen atoms in total. The quantitative estimate of drug-likeness (QED) is 0.824. The molecule has 0 aromatic carbocycles. The lowest BCUT2D eigenvalue weighted by Crippen LogP contribution is -2.44. The lowest BCUT2D eigenvalue weighted by Gasteiger charge is -2.32. The highest BCUT2D eigenvalue weighted by Gasteiger charge is 2.33. The summed E-state index contributed by atoms with van der Waals surface area (Å²) in [4.78, 5) is 16.2. The van der Waals surface area contributed by atoms with Gasteiger partial charge in [-0.3, -0.25) is 9.69 Å². The molecule has 4 heteroatoms. The smallest absolute Gasteiger partial charge is 0.236 e. The third-order valence-electron chi connectivity index (χ3n) is 4.41. The van der Waals surface area contributed by atoms with Crippen LogP contribution in [0, 0.1) is 0 Å². The first-order valence-corrected chi connectivity index (χ1v) is 7.18. The van der Waals surface area contributed by atoms with Gasteiger partial charge >= 0.3 is 0 Å². The normalized spacial score (nSPS) is 30.6. The van der Waals surface area contributed by atoms with Crippen LogP contribution in [-0.4, -0.2) is 59.1 Å². The fraction of sp³-hybridized carbons (Fsp3) is 0.929. The predicted molar refractivity (Wildman–Crippen MR) is 71.3 cm³/mol. The molecule has 0 aromatic heterocycles. The molecule has 2 rings (SSSR count). The van der Waals surface area contributed by atoms with Gasteiger partial charge in [0.25, 0.3) is 0 Å². The molecule has 1 N–H and O–H groups in total. The second kappa shape index (κ2) is 5.57. The monoisotopic (exact) mass is 254 g/mol. The van der Waals surface area contributed by atoms with Gasteiger partial charge in [0.1, 0.15) is 0 Å². The van der Waals surface area contributed by atoms with Crippen molar-refractivity contribution in [2.24, 2.45) is 0 Å². The summed E-state index contributed by atoms with van der Waals surface area (Å²) in [5, 5.41) is 9.90. The zero-order valence-corrected chi connectivity index (χ0v) is 11.7. The van der Waals surface area contributed by atoms with Crippen molar-refractivity contribution in [3.63, 3.8) is 0 Å². The number of nitrogens with zero attached hydrogens (tertiary/aromatic N) is 2. The number of β-amino-alcohol motifs (C(OH)–C–C–N with tert-alkyl or cyclic N) is 1. The van der Waals surface area contributed by atoms with Crippen LogP contribution >= 0.6 is 0 Å². The molecule has 1 saturated carbocycles. The van der Waals surface area contributed by atoms with Gasteiger partial charge in [-0.25, -0.2) is 0 Å². The number of aliphatic hydroxyl groups is 1. The van der Waals surface area contributed by atoms with Crippen molar-refractivity contribution in [3.8, 4) is 0 Å². The molecule has 0 aromatic rings. The van der Waals surface area contributed by atoms with Crippen molar-refractivity contribution in [1.82, 2.24) is 9.80 Å². The summed E-state index contributed by atoms with van der Waals surface area (Å²) in [6.07, 6.45) is 6.89. The van der Waals surface area contributed by atoms with Gasteiger partial charge < -0.3 is 10.0 Å². The summed E-state index contributed by atoms with van der Waals surface area (Å²) in [6.45, 7) is 3.76. The Balaban J connectivity index is 1.80. The van der Waals surface area contributed by atoms with Crippen molar-refractivity contribution in [2.45, 2.75) is 57.1 Å². The number of amides is 1. The van der Waals surface area contributed by atoms with Crippen molar-refractivity contribution >= 4 is 5.91 Å². The Labute approximate surface area is 110 Å². The molecule has 1 aliphatic heterocycles. The van der Waals surface area contributed by atoms with Crippen LogP contribution in [0.3, 0.4) is 0 Å². The number of likely N-dealkylation sites (N-methyl/N-ethyl adjacent to an activating group) is 1. The zero-order chi connectivity index (χ0) is 13.2. The van der Waals surface area contributed by atoms with E-state index < -0.39 is 5.60 Å². The van der Waals surface area contributed by atoms with Crippen LogP contribution in [-0.2, 0) is 4.79 Å². The van der Waals surface area contributed by atoms with Crippen molar-refractivity contribution in [2.75, 3.05) is 26.7 Å². The Kier molecular flexibility index (Phi) is 4.28. The molecular weight excluding hydrogens is 228 g/mol. The van der Waals surface area contributed by atoms with Crippen LogP contribution in [0.25, 0.3) is 0 Å². The minimum Gasteiger partial charge on any atom is -0.389 e. The molecule has 18 heavy (non-hydrogen) atoms. The molecule has 0 bridgehead atoms. The van der Waals surface area contributed by atoms with Gasteiger partial charge in [-0.15, -0.1) is 0 Å². The molecular formula is C14H26N2O2. The van der Waals surface area contributed by atoms with Crippen LogP contribution in [0.2, 0.25) is 0 Å². The number of rotatable bonds is 3. The Morgan fingerprint density at radius 2 is 2.06 bits per heavy atom. The number of carbonyl (C=O) groups is 1. The van der Waals surface area contributed by atoms with Gasteiger partial charge in [-0.2, -0.15) is 0 Å². The Morgan fingerprint density at radius 1 is 1.39 bits per heavy atom. The number of likely N-dealkylation sites (tertiary alicyclic amines) is 1. The van der Waals surface area contributed by atoms with Crippen LogP contribution in [0.1, 0.15) is 45.4 Å². The molecule has 1 heterocycles. The standard InChI is InChI=1S/C14H26N2O2/c1-14(18)8-9-16(11-14)10-13(17)15(2)12-6-4-3-5-7-12/h12,18H,3-11H2,1-2H3. The highest BCUT2D eigenvalue weighted by atomic mass is 16.3. The van der Waals surface area contributed by atoms with E-state index in [0.717, 1.165) is 25.8 Å². The number of hydrogen-bond donors (Lipinski definition) is 1.